The van der Waals surface area contributed by atoms with Crippen molar-refractivity contribution in [3.05, 3.63) is 266 Å². The second-order valence-electron chi connectivity index (χ2n) is 13.1. The molecule has 0 heterocycles. The Labute approximate surface area is 378 Å². The molecule has 0 radical (unpaired) electrons. The first-order valence-corrected chi connectivity index (χ1v) is 24.2. The number of carbonyl (C=O) groups is 1. The van der Waals surface area contributed by atoms with Crippen molar-refractivity contribution in [2.75, 3.05) is 7.05 Å². The fourth-order valence-corrected chi connectivity index (χ4v) is 11.0. The Balaban J connectivity index is 0.000000193. The molecule has 0 saturated carbocycles. The van der Waals surface area contributed by atoms with Gasteiger partial charge in [-0.15, -0.1) is 23.8 Å². The molecule has 0 atom stereocenters. The van der Waals surface area contributed by atoms with Gasteiger partial charge in [0.1, 0.15) is 5.78 Å². The third-order valence-corrected chi connectivity index (χ3v) is 13.9. The molecule has 1 aliphatic carbocycles. The molecule has 7 aromatic carbocycles. The van der Waals surface area contributed by atoms with E-state index in [1.54, 1.807) is 13.2 Å². The molecule has 7 aromatic rings. The summed E-state index contributed by atoms with van der Waals surface area (Å²) in [7, 11) is 5.45. The maximum absolute atomic E-state index is 12.4. The van der Waals surface area contributed by atoms with Crippen molar-refractivity contribution in [1.82, 2.24) is 5.32 Å². The molecule has 0 fully saturated rings. The van der Waals surface area contributed by atoms with Gasteiger partial charge in [-0.2, -0.15) is 5.57 Å². The van der Waals surface area contributed by atoms with E-state index in [9.17, 15) is 4.79 Å². The van der Waals surface area contributed by atoms with Crippen LogP contribution in [0.2, 0.25) is 0 Å². The van der Waals surface area contributed by atoms with Crippen molar-refractivity contribution in [1.29, 1.82) is 0 Å². The van der Waals surface area contributed by atoms with Crippen LogP contribution in [-0.4, -0.2) is 12.8 Å². The van der Waals surface area contributed by atoms with Crippen LogP contribution in [0.15, 0.2) is 247 Å². The number of rotatable bonds is 9. The minimum Gasteiger partial charge on any atom is -0.0622 e. The molecule has 8 rings (SSSR count). The number of hydrogen-bond acceptors (Lipinski definition) is 2. The third kappa shape index (κ3) is 14.6. The number of allylic oxidation sites excluding steroid dienone is 6. The number of Topliss-reactive ketones (excluding diaryl/α,β-unsaturated/α-hetero) is 1. The molecule has 0 saturated heterocycles. The number of benzene rings is 7. The van der Waals surface area contributed by atoms with Gasteiger partial charge >= 0.3 is 38.3 Å². The number of ketones is 1. The molecule has 0 aromatic heterocycles. The molecule has 0 spiro atoms. The minimum atomic E-state index is -0.446. The number of hydrogen-bond donors (Lipinski definition) is 1. The van der Waals surface area contributed by atoms with Crippen LogP contribution in [0.1, 0.15) is 12.5 Å². The summed E-state index contributed by atoms with van der Waals surface area (Å²) in [6, 6.07) is 74.2. The van der Waals surface area contributed by atoms with Crippen molar-refractivity contribution >= 4 is 68.7 Å². The number of nitrogens with one attached hydrogen (secondary N) is 1. The van der Waals surface area contributed by atoms with Gasteiger partial charge in [0.15, 0.2) is 0 Å². The summed E-state index contributed by atoms with van der Waals surface area (Å²) in [5, 5.41) is 11.3. The second-order valence-corrected chi connectivity index (χ2v) is 17.6. The second kappa shape index (κ2) is 27.4. The van der Waals surface area contributed by atoms with Gasteiger partial charge in [0.25, 0.3) is 0 Å². The van der Waals surface area contributed by atoms with Crippen LogP contribution in [0.5, 0.6) is 0 Å². The summed E-state index contributed by atoms with van der Waals surface area (Å²) in [5.41, 5.74) is 3.56. The molecule has 0 amide bonds. The Morgan fingerprint density at radius 3 is 1.05 bits per heavy atom. The zero-order valence-corrected chi connectivity index (χ0v) is 38.2. The van der Waals surface area contributed by atoms with Crippen LogP contribution in [0, 0.1) is 13.2 Å². The van der Waals surface area contributed by atoms with Gasteiger partial charge in [0.05, 0.1) is 0 Å². The van der Waals surface area contributed by atoms with E-state index in [1.165, 1.54) is 31.8 Å². The Morgan fingerprint density at radius 1 is 0.525 bits per heavy atom. The SMILES string of the molecule is [C-]#[O+].[CH-]=C(C1=CC(C)=C/C(=C/NC)C1=O)c1ccccc1.[Cl][Ru+].c1ccc(P(c2ccccc2)c2ccccc2)cc1.c1ccc(P(c2ccccc2)c2ccccc2)cc1. The van der Waals surface area contributed by atoms with Crippen LogP contribution < -0.4 is 37.1 Å². The fourth-order valence-electron chi connectivity index (χ4n) is 6.39. The standard InChI is InChI=1S/2C18H15P.C17H16NO.CO.ClH.Ru/c2*1-4-10-16(11-5-1)19(17-12-6-2-7-13-17)18-14-8-3-9-15-18;1-12-9-15(11-18-3)17(19)16(10-12)13(2)14-7-5-4-6-8-14;1-2;;/h2*1-15H;2,4-11,18H,1,3H3;;1H;/q;;-1;;;+2/p-1/b;;15-11-;;;. The van der Waals surface area contributed by atoms with Gasteiger partial charge in [-0.25, -0.2) is 6.58 Å². The zero-order valence-electron chi connectivity index (χ0n) is 34.0. The summed E-state index contributed by atoms with van der Waals surface area (Å²) < 4.78 is 7.50. The Bertz CT molecular complexity index is 2160. The van der Waals surface area contributed by atoms with Gasteiger partial charge in [-0.3, -0.25) is 0 Å². The van der Waals surface area contributed by atoms with Crippen molar-refractivity contribution in [2.45, 2.75) is 6.92 Å². The maximum Gasteiger partial charge on any atom is -0.0134 e. The Kier molecular flexibility index (Phi) is 21.6. The average Bonchev–Trinajstić information content (AvgIpc) is 3.34. The summed E-state index contributed by atoms with van der Waals surface area (Å²) in [6.07, 6.45) is 5.37. The largest absolute Gasteiger partial charge is 0.0622 e. The monoisotopic (exact) mass is 939 g/mol. The fraction of sp³-hybridized carbons (Fsp3) is 0.0370. The first-order chi connectivity index (χ1) is 30.0. The van der Waals surface area contributed by atoms with E-state index in [2.05, 4.69) is 204 Å². The molecule has 1 aliphatic rings. The average molecular weight is 939 g/mol. The Morgan fingerprint density at radius 2 is 0.787 bits per heavy atom. The van der Waals surface area contributed by atoms with E-state index in [4.69, 9.17) is 11.2 Å². The summed E-state index contributed by atoms with van der Waals surface area (Å²) in [6.45, 7) is 12.6. The van der Waals surface area contributed by atoms with Gasteiger partial charge in [0, 0.05) is 18.8 Å². The molecule has 1 N–H and O–H groups in total. The topological polar surface area (TPSA) is 49.0 Å². The normalized spacial score (nSPS) is 12.0. The van der Waals surface area contributed by atoms with Gasteiger partial charge < -0.3 is 10.1 Å². The van der Waals surface area contributed by atoms with Crippen molar-refractivity contribution < 1.29 is 26.8 Å². The molecule has 61 heavy (non-hydrogen) atoms. The molecule has 0 aliphatic heterocycles. The summed E-state index contributed by atoms with van der Waals surface area (Å²) in [5.74, 6) is -0.0543. The predicted octanol–water partition coefficient (Wildman–Crippen LogP) is 10.6. The summed E-state index contributed by atoms with van der Waals surface area (Å²) in [4.78, 5) is 12.4. The Hall–Kier alpha value is -5.52. The minimum absolute atomic E-state index is 0.0543. The number of carbonyl (C=O) groups excluding carboxylic acids is 1. The van der Waals surface area contributed by atoms with E-state index in [0.29, 0.717) is 16.7 Å². The van der Waals surface area contributed by atoms with Crippen molar-refractivity contribution in [3.8, 4) is 0 Å². The van der Waals surface area contributed by atoms with E-state index in [-0.39, 0.29) is 5.78 Å². The van der Waals surface area contributed by atoms with Crippen LogP contribution in [0.3, 0.4) is 0 Å². The van der Waals surface area contributed by atoms with E-state index >= 15 is 0 Å². The van der Waals surface area contributed by atoms with Gasteiger partial charge in [0.2, 0.25) is 0 Å². The maximum atomic E-state index is 12.4. The van der Waals surface area contributed by atoms with E-state index < -0.39 is 15.8 Å². The summed E-state index contributed by atoms with van der Waals surface area (Å²) >= 11 is 1.82. The number of halogens is 1. The molecular formula is C54H46ClNO2P2Ru. The van der Waals surface area contributed by atoms with Gasteiger partial charge in [-0.1, -0.05) is 211 Å². The molecule has 0 bridgehead atoms. The van der Waals surface area contributed by atoms with E-state index in [1.807, 2.05) is 66.7 Å². The molecule has 0 unspecified atom stereocenters. The first kappa shape index (κ1) is 48.2. The molecule has 304 valence electrons. The van der Waals surface area contributed by atoms with Crippen LogP contribution in [0.4, 0.5) is 0 Å². The first-order valence-electron chi connectivity index (χ1n) is 19.3. The van der Waals surface area contributed by atoms with Crippen LogP contribution in [0.25, 0.3) is 5.57 Å². The quantitative estimate of drug-likeness (QED) is 0.0515. The van der Waals surface area contributed by atoms with Crippen molar-refractivity contribution in [3.63, 3.8) is 0 Å². The van der Waals surface area contributed by atoms with Crippen LogP contribution in [-0.2, 0) is 26.8 Å². The zero-order chi connectivity index (χ0) is 43.7. The third-order valence-electron chi connectivity index (χ3n) is 9.02. The van der Waals surface area contributed by atoms with Gasteiger partial charge in [-0.05, 0) is 60.7 Å². The molecular weight excluding hydrogens is 893 g/mol. The van der Waals surface area contributed by atoms with Crippen LogP contribution >= 0.6 is 25.5 Å². The van der Waals surface area contributed by atoms with Crippen molar-refractivity contribution in [2.24, 2.45) is 0 Å². The molecule has 7 heteroatoms. The molecule has 3 nitrogen and oxygen atoms in total. The smallest absolute Gasteiger partial charge is 0.0134 e. The van der Waals surface area contributed by atoms with E-state index in [0.717, 1.165) is 11.1 Å². The predicted molar refractivity (Wildman–Crippen MR) is 258 cm³/mol.